The number of thiophene rings is 1. The Morgan fingerprint density at radius 2 is 2.00 bits per heavy atom. The zero-order chi connectivity index (χ0) is 26.5. The average Bonchev–Trinajstić information content (AvgIpc) is 3.29. The smallest absolute Gasteiger partial charge is 0.352 e. The molecular formula is C24H29Cl2F3N4O2S. The van der Waals surface area contributed by atoms with Gasteiger partial charge in [0.25, 0.3) is 5.91 Å². The Morgan fingerprint density at radius 3 is 2.58 bits per heavy atom. The molecule has 0 aliphatic carbocycles. The second kappa shape index (κ2) is 12.6. The second-order valence-corrected chi connectivity index (χ2v) is 10.6. The van der Waals surface area contributed by atoms with Gasteiger partial charge in [-0.05, 0) is 67.1 Å². The second-order valence-electron chi connectivity index (χ2n) is 9.03. The molecule has 1 fully saturated rings. The largest absolute Gasteiger partial charge is 0.397 e. The molecule has 6 nitrogen and oxygen atoms in total. The zero-order valence-corrected chi connectivity index (χ0v) is 22.4. The van der Waals surface area contributed by atoms with E-state index in [1.54, 1.807) is 13.0 Å². The van der Waals surface area contributed by atoms with Crippen LogP contribution in [0.25, 0.3) is 0 Å². The molecule has 1 atom stereocenters. The van der Waals surface area contributed by atoms with Crippen molar-refractivity contribution in [3.8, 4) is 0 Å². The Labute approximate surface area is 222 Å². The molecule has 0 spiro atoms. The summed E-state index contributed by atoms with van der Waals surface area (Å²) < 4.78 is 38.8. The third-order valence-electron chi connectivity index (χ3n) is 6.38. The van der Waals surface area contributed by atoms with Gasteiger partial charge in [-0.2, -0.15) is 24.5 Å². The van der Waals surface area contributed by atoms with Crippen LogP contribution in [0.1, 0.15) is 54.1 Å². The summed E-state index contributed by atoms with van der Waals surface area (Å²) in [5.41, 5.74) is 1.77. The minimum atomic E-state index is -4.53. The van der Waals surface area contributed by atoms with Gasteiger partial charge in [-0.3, -0.25) is 9.59 Å². The summed E-state index contributed by atoms with van der Waals surface area (Å²) in [5.74, 6) is -1.20. The highest BCUT2D eigenvalue weighted by atomic mass is 35.5. The SMILES string of the molecule is Cc1cc(Cl)nc(Cl)c1C(=O)NCCC(C)N1CCC(N(Cc2ccsc2)C(=O)CC(F)(F)F)CC1. The van der Waals surface area contributed by atoms with E-state index >= 15 is 0 Å². The zero-order valence-electron chi connectivity index (χ0n) is 20.1. The van der Waals surface area contributed by atoms with Crippen LogP contribution < -0.4 is 5.32 Å². The van der Waals surface area contributed by atoms with Crippen LogP contribution in [0, 0.1) is 6.92 Å². The number of piperidine rings is 1. The van der Waals surface area contributed by atoms with Gasteiger partial charge in [-0.15, -0.1) is 0 Å². The van der Waals surface area contributed by atoms with Crippen molar-refractivity contribution < 1.29 is 22.8 Å². The van der Waals surface area contributed by atoms with Crippen molar-refractivity contribution in [1.82, 2.24) is 20.1 Å². The molecule has 12 heteroatoms. The van der Waals surface area contributed by atoms with Crippen molar-refractivity contribution >= 4 is 46.4 Å². The predicted octanol–water partition coefficient (Wildman–Crippen LogP) is 5.71. The molecule has 36 heavy (non-hydrogen) atoms. The molecule has 3 rings (SSSR count). The summed E-state index contributed by atoms with van der Waals surface area (Å²) in [6, 6.07) is 3.31. The highest BCUT2D eigenvalue weighted by Gasteiger charge is 2.37. The Hall–Kier alpha value is -1.88. The number of carbonyl (C=O) groups is 2. The monoisotopic (exact) mass is 564 g/mol. The van der Waals surface area contributed by atoms with E-state index in [9.17, 15) is 22.8 Å². The molecule has 3 heterocycles. The number of amides is 2. The highest BCUT2D eigenvalue weighted by Crippen LogP contribution is 2.27. The van der Waals surface area contributed by atoms with Crippen LogP contribution in [0.15, 0.2) is 22.9 Å². The van der Waals surface area contributed by atoms with Crippen LogP contribution in [0.5, 0.6) is 0 Å². The maximum absolute atomic E-state index is 12.9. The number of hydrogen-bond donors (Lipinski definition) is 1. The first kappa shape index (κ1) is 28.7. The molecule has 2 amide bonds. The average molecular weight is 565 g/mol. The van der Waals surface area contributed by atoms with E-state index in [-0.39, 0.29) is 34.8 Å². The predicted molar refractivity (Wildman–Crippen MR) is 136 cm³/mol. The van der Waals surface area contributed by atoms with Gasteiger partial charge in [0.05, 0.1) is 5.56 Å². The molecule has 2 aromatic rings. The standard InChI is InChI=1S/C24H29Cl2F3N4O2S/c1-15-11-19(25)31-22(26)21(15)23(35)30-7-3-16(2)32-8-4-18(5-9-32)33(13-17-6-10-36-14-17)20(34)12-24(27,28)29/h6,10-11,14,16,18H,3-5,7-9,12-13H2,1-2H3,(H,30,35). The normalized spacial score (nSPS) is 16.1. The van der Waals surface area contributed by atoms with E-state index in [0.717, 1.165) is 5.56 Å². The van der Waals surface area contributed by atoms with Crippen molar-refractivity contribution in [3.63, 3.8) is 0 Å². The number of alkyl halides is 3. The number of nitrogens with zero attached hydrogens (tertiary/aromatic N) is 3. The van der Waals surface area contributed by atoms with E-state index in [0.29, 0.717) is 50.0 Å². The number of nitrogens with one attached hydrogen (secondary N) is 1. The van der Waals surface area contributed by atoms with Gasteiger partial charge in [0.1, 0.15) is 16.7 Å². The lowest BCUT2D eigenvalue weighted by molar-refractivity contribution is -0.164. The van der Waals surface area contributed by atoms with Gasteiger partial charge < -0.3 is 15.1 Å². The molecule has 1 saturated heterocycles. The molecule has 0 bridgehead atoms. The van der Waals surface area contributed by atoms with Crippen molar-refractivity contribution in [3.05, 3.63) is 49.9 Å². The highest BCUT2D eigenvalue weighted by molar-refractivity contribution is 7.07. The summed E-state index contributed by atoms with van der Waals surface area (Å²) in [5, 5.41) is 6.85. The summed E-state index contributed by atoms with van der Waals surface area (Å²) >= 11 is 13.4. The van der Waals surface area contributed by atoms with Crippen LogP contribution in [0.2, 0.25) is 10.3 Å². The van der Waals surface area contributed by atoms with E-state index in [1.165, 1.54) is 16.2 Å². The Bertz CT molecular complexity index is 1020. The van der Waals surface area contributed by atoms with Gasteiger partial charge >= 0.3 is 6.18 Å². The quantitative estimate of drug-likeness (QED) is 0.396. The maximum Gasteiger partial charge on any atom is 0.397 e. The molecule has 1 aliphatic heterocycles. The number of halogens is 5. The van der Waals surface area contributed by atoms with Crippen molar-refractivity contribution in [2.24, 2.45) is 0 Å². The molecule has 0 saturated carbocycles. The van der Waals surface area contributed by atoms with Crippen LogP contribution >= 0.6 is 34.5 Å². The summed E-state index contributed by atoms with van der Waals surface area (Å²) in [6.07, 6.45) is -4.11. The summed E-state index contributed by atoms with van der Waals surface area (Å²) in [4.78, 5) is 32.6. The molecule has 0 aromatic carbocycles. The third-order valence-corrected chi connectivity index (χ3v) is 7.58. The fourth-order valence-electron chi connectivity index (χ4n) is 4.45. The fraction of sp³-hybridized carbons (Fsp3) is 0.542. The minimum Gasteiger partial charge on any atom is -0.352 e. The van der Waals surface area contributed by atoms with E-state index < -0.39 is 18.5 Å². The molecule has 198 valence electrons. The first-order valence-electron chi connectivity index (χ1n) is 11.7. The lowest BCUT2D eigenvalue weighted by Crippen LogP contribution is -2.50. The van der Waals surface area contributed by atoms with Gasteiger partial charge in [0, 0.05) is 38.3 Å². The Kier molecular flexibility index (Phi) is 10.0. The number of aromatic nitrogens is 1. The number of aryl methyl sites for hydroxylation is 1. The molecule has 1 N–H and O–H groups in total. The van der Waals surface area contributed by atoms with Crippen LogP contribution in [-0.2, 0) is 11.3 Å². The lowest BCUT2D eigenvalue weighted by atomic mass is 9.99. The number of rotatable bonds is 9. The van der Waals surface area contributed by atoms with Crippen molar-refractivity contribution in [2.75, 3.05) is 19.6 Å². The molecular weight excluding hydrogens is 536 g/mol. The van der Waals surface area contributed by atoms with E-state index in [2.05, 4.69) is 15.2 Å². The number of pyridine rings is 1. The van der Waals surface area contributed by atoms with Crippen molar-refractivity contribution in [2.45, 2.75) is 64.3 Å². The fourth-order valence-corrected chi connectivity index (χ4v) is 5.72. The number of hydrogen-bond acceptors (Lipinski definition) is 5. The van der Waals surface area contributed by atoms with E-state index in [4.69, 9.17) is 23.2 Å². The Morgan fingerprint density at radius 1 is 1.31 bits per heavy atom. The van der Waals surface area contributed by atoms with E-state index in [1.807, 2.05) is 23.8 Å². The molecule has 0 radical (unpaired) electrons. The summed E-state index contributed by atoms with van der Waals surface area (Å²) in [7, 11) is 0. The minimum absolute atomic E-state index is 0.0553. The van der Waals surface area contributed by atoms with Crippen LogP contribution in [-0.4, -0.2) is 64.5 Å². The van der Waals surface area contributed by atoms with Gasteiger partial charge in [0.2, 0.25) is 5.91 Å². The van der Waals surface area contributed by atoms with Crippen LogP contribution in [0.3, 0.4) is 0 Å². The third kappa shape index (κ3) is 8.06. The van der Waals surface area contributed by atoms with Crippen molar-refractivity contribution in [1.29, 1.82) is 0 Å². The number of likely N-dealkylation sites (tertiary alicyclic amines) is 1. The first-order chi connectivity index (χ1) is 16.9. The molecule has 1 unspecified atom stereocenters. The Balaban J connectivity index is 1.51. The lowest BCUT2D eigenvalue weighted by Gasteiger charge is -2.41. The number of carbonyl (C=O) groups excluding carboxylic acids is 2. The van der Waals surface area contributed by atoms with Gasteiger partial charge in [-0.1, -0.05) is 23.2 Å². The maximum atomic E-state index is 12.9. The van der Waals surface area contributed by atoms with Gasteiger partial charge in [0.15, 0.2) is 0 Å². The molecule has 2 aromatic heterocycles. The first-order valence-corrected chi connectivity index (χ1v) is 13.4. The topological polar surface area (TPSA) is 65.5 Å². The van der Waals surface area contributed by atoms with Gasteiger partial charge in [-0.25, -0.2) is 4.98 Å². The van der Waals surface area contributed by atoms with Crippen LogP contribution in [0.4, 0.5) is 13.2 Å². The molecule has 1 aliphatic rings. The summed E-state index contributed by atoms with van der Waals surface area (Å²) in [6.45, 7) is 5.71.